The summed E-state index contributed by atoms with van der Waals surface area (Å²) in [5.74, 6) is -0.389. The molecule has 0 unspecified atom stereocenters. The van der Waals surface area contributed by atoms with Crippen molar-refractivity contribution in [3.05, 3.63) is 46.0 Å². The zero-order chi connectivity index (χ0) is 16.6. The summed E-state index contributed by atoms with van der Waals surface area (Å²) < 4.78 is 13.4. The van der Waals surface area contributed by atoms with Gasteiger partial charge in [0.15, 0.2) is 0 Å². The van der Waals surface area contributed by atoms with Crippen LogP contribution in [0.15, 0.2) is 29.1 Å². The molecule has 1 aliphatic rings. The molecule has 1 amide bonds. The van der Waals surface area contributed by atoms with Crippen LogP contribution in [-0.2, 0) is 0 Å². The van der Waals surface area contributed by atoms with Gasteiger partial charge in [-0.1, -0.05) is 13.3 Å². The monoisotopic (exact) mass is 317 g/mol. The summed E-state index contributed by atoms with van der Waals surface area (Å²) in [6, 6.07) is 5.27. The first-order valence-corrected chi connectivity index (χ1v) is 7.87. The number of hydrogen-bond acceptors (Lipinski definition) is 3. The number of carbonyl (C=O) groups is 1. The zero-order valence-corrected chi connectivity index (χ0v) is 13.0. The molecule has 5 nitrogen and oxygen atoms in total. The summed E-state index contributed by atoms with van der Waals surface area (Å²) in [6.45, 7) is 3.18. The van der Waals surface area contributed by atoms with Crippen LogP contribution >= 0.6 is 0 Å². The second-order valence-electron chi connectivity index (χ2n) is 6.16. The molecule has 0 saturated carbocycles. The first kappa shape index (κ1) is 15.7. The van der Waals surface area contributed by atoms with E-state index in [-0.39, 0.29) is 17.9 Å². The molecular formula is C17H20FN3O2. The number of nitrogens with two attached hydrogens (primary N) is 1. The molecule has 1 aromatic carbocycles. The fourth-order valence-corrected chi connectivity index (χ4v) is 3.32. The van der Waals surface area contributed by atoms with Gasteiger partial charge in [-0.25, -0.2) is 4.39 Å². The minimum absolute atomic E-state index is 0.0374. The molecule has 0 bridgehead atoms. The van der Waals surface area contributed by atoms with Crippen molar-refractivity contribution >= 4 is 16.8 Å². The topological polar surface area (TPSA) is 79.2 Å². The average Bonchev–Trinajstić information content (AvgIpc) is 2.87. The Kier molecular flexibility index (Phi) is 4.17. The highest BCUT2D eigenvalue weighted by molar-refractivity contribution is 6.06. The highest BCUT2D eigenvalue weighted by atomic mass is 19.1. The van der Waals surface area contributed by atoms with Gasteiger partial charge >= 0.3 is 0 Å². The van der Waals surface area contributed by atoms with Crippen LogP contribution in [0.1, 0.15) is 30.1 Å². The molecule has 1 aliphatic heterocycles. The van der Waals surface area contributed by atoms with Crippen molar-refractivity contribution in [3.63, 3.8) is 0 Å². The number of nitrogens with zero attached hydrogens (tertiary/aromatic N) is 1. The van der Waals surface area contributed by atoms with Crippen LogP contribution in [0.5, 0.6) is 0 Å². The maximum atomic E-state index is 13.4. The lowest BCUT2D eigenvalue weighted by molar-refractivity contribution is 0.0787. The van der Waals surface area contributed by atoms with Gasteiger partial charge in [0.2, 0.25) is 5.56 Å². The van der Waals surface area contributed by atoms with E-state index in [1.54, 1.807) is 4.90 Å². The number of fused-ring (bicyclic) bond motifs is 1. The summed E-state index contributed by atoms with van der Waals surface area (Å²) >= 11 is 0. The van der Waals surface area contributed by atoms with Gasteiger partial charge in [0.25, 0.3) is 5.91 Å². The Morgan fingerprint density at radius 1 is 1.39 bits per heavy atom. The van der Waals surface area contributed by atoms with Crippen molar-refractivity contribution in [1.29, 1.82) is 0 Å². The van der Waals surface area contributed by atoms with Crippen molar-refractivity contribution in [2.45, 2.75) is 25.8 Å². The van der Waals surface area contributed by atoms with Crippen LogP contribution in [0.25, 0.3) is 10.9 Å². The van der Waals surface area contributed by atoms with Gasteiger partial charge in [0.1, 0.15) is 5.82 Å². The SMILES string of the molecule is CCC[C@@H]1CN(C(=O)c2cc(=O)[nH]c3cc(F)ccc23)C[C@H]1N. The molecule has 1 saturated heterocycles. The molecule has 2 aromatic rings. The lowest BCUT2D eigenvalue weighted by atomic mass is 9.99. The van der Waals surface area contributed by atoms with Crippen LogP contribution in [0.3, 0.4) is 0 Å². The third kappa shape index (κ3) is 2.99. The minimum atomic E-state index is -0.455. The van der Waals surface area contributed by atoms with E-state index in [4.69, 9.17) is 5.73 Å². The molecule has 1 aromatic heterocycles. The maximum Gasteiger partial charge on any atom is 0.254 e. The zero-order valence-electron chi connectivity index (χ0n) is 13.0. The van der Waals surface area contributed by atoms with Gasteiger partial charge < -0.3 is 15.6 Å². The maximum absolute atomic E-state index is 13.4. The van der Waals surface area contributed by atoms with E-state index < -0.39 is 11.4 Å². The lowest BCUT2D eigenvalue weighted by Crippen LogP contribution is -2.33. The van der Waals surface area contributed by atoms with Crippen LogP contribution < -0.4 is 11.3 Å². The highest BCUT2D eigenvalue weighted by Crippen LogP contribution is 2.24. The Morgan fingerprint density at radius 3 is 2.91 bits per heavy atom. The van der Waals surface area contributed by atoms with Gasteiger partial charge in [-0.3, -0.25) is 9.59 Å². The Labute approximate surface area is 133 Å². The van der Waals surface area contributed by atoms with Gasteiger partial charge in [-0.15, -0.1) is 0 Å². The van der Waals surface area contributed by atoms with Crippen molar-refractivity contribution < 1.29 is 9.18 Å². The average molecular weight is 317 g/mol. The first-order chi connectivity index (χ1) is 11.0. The third-order valence-corrected chi connectivity index (χ3v) is 4.47. The van der Waals surface area contributed by atoms with E-state index >= 15 is 0 Å². The van der Waals surface area contributed by atoms with Gasteiger partial charge in [0, 0.05) is 30.6 Å². The number of halogens is 1. The minimum Gasteiger partial charge on any atom is -0.337 e. The fourth-order valence-electron chi connectivity index (χ4n) is 3.32. The molecule has 0 spiro atoms. The van der Waals surface area contributed by atoms with Crippen LogP contribution in [0.4, 0.5) is 4.39 Å². The second kappa shape index (κ2) is 6.12. The van der Waals surface area contributed by atoms with E-state index in [2.05, 4.69) is 11.9 Å². The summed E-state index contributed by atoms with van der Waals surface area (Å²) in [6.07, 6.45) is 2.00. The van der Waals surface area contributed by atoms with E-state index in [1.165, 1.54) is 24.3 Å². The molecule has 6 heteroatoms. The van der Waals surface area contributed by atoms with Gasteiger partial charge in [-0.2, -0.15) is 0 Å². The Morgan fingerprint density at radius 2 is 2.17 bits per heavy atom. The molecule has 0 radical (unpaired) electrons. The molecule has 3 rings (SSSR count). The summed E-state index contributed by atoms with van der Waals surface area (Å²) in [5, 5.41) is 0.545. The van der Waals surface area contributed by atoms with Crippen LogP contribution in [0, 0.1) is 11.7 Å². The number of nitrogens with one attached hydrogen (secondary N) is 1. The number of amides is 1. The molecular weight excluding hydrogens is 297 g/mol. The number of hydrogen-bond donors (Lipinski definition) is 2. The molecule has 122 valence electrons. The normalized spacial score (nSPS) is 21.1. The largest absolute Gasteiger partial charge is 0.337 e. The third-order valence-electron chi connectivity index (χ3n) is 4.47. The van der Waals surface area contributed by atoms with Crippen molar-refractivity contribution in [2.75, 3.05) is 13.1 Å². The number of aromatic amines is 1. The summed E-state index contributed by atoms with van der Waals surface area (Å²) in [4.78, 5) is 28.9. The highest BCUT2D eigenvalue weighted by Gasteiger charge is 2.33. The van der Waals surface area contributed by atoms with Gasteiger partial charge in [-0.05, 0) is 30.5 Å². The van der Waals surface area contributed by atoms with Crippen molar-refractivity contribution in [2.24, 2.45) is 11.7 Å². The first-order valence-electron chi connectivity index (χ1n) is 7.87. The summed E-state index contributed by atoms with van der Waals surface area (Å²) in [5.41, 5.74) is 6.33. The van der Waals surface area contributed by atoms with Crippen molar-refractivity contribution in [3.8, 4) is 0 Å². The second-order valence-corrected chi connectivity index (χ2v) is 6.16. The van der Waals surface area contributed by atoms with Crippen LogP contribution in [0.2, 0.25) is 0 Å². The molecule has 2 heterocycles. The standard InChI is InChI=1S/C17H20FN3O2/c1-2-3-10-8-21(9-14(10)19)17(23)13-7-16(22)20-15-6-11(18)4-5-12(13)15/h4-7,10,14H,2-3,8-9,19H2,1H3,(H,20,22)/t10-,14-/m1/s1. The van der Waals surface area contributed by atoms with E-state index in [1.807, 2.05) is 0 Å². The quantitative estimate of drug-likeness (QED) is 0.907. The molecule has 2 atom stereocenters. The van der Waals surface area contributed by atoms with E-state index in [0.29, 0.717) is 29.6 Å². The number of pyridine rings is 1. The fraction of sp³-hybridized carbons (Fsp3) is 0.412. The summed E-state index contributed by atoms with van der Waals surface area (Å²) in [7, 11) is 0. The predicted molar refractivity (Wildman–Crippen MR) is 86.8 cm³/mol. The Bertz CT molecular complexity index is 802. The van der Waals surface area contributed by atoms with Gasteiger partial charge in [0.05, 0.1) is 11.1 Å². The lowest BCUT2D eigenvalue weighted by Gasteiger charge is -2.17. The number of H-pyrrole nitrogens is 1. The van der Waals surface area contributed by atoms with Crippen molar-refractivity contribution in [1.82, 2.24) is 9.88 Å². The van der Waals surface area contributed by atoms with E-state index in [0.717, 1.165) is 12.8 Å². The Hall–Kier alpha value is -2.21. The molecule has 3 N–H and O–H groups in total. The number of likely N-dealkylation sites (tertiary alicyclic amines) is 1. The molecule has 1 fully saturated rings. The number of carbonyl (C=O) groups excluding carboxylic acids is 1. The Balaban J connectivity index is 1.97. The van der Waals surface area contributed by atoms with Crippen LogP contribution in [-0.4, -0.2) is 34.9 Å². The number of rotatable bonds is 3. The van der Waals surface area contributed by atoms with E-state index in [9.17, 15) is 14.0 Å². The predicted octanol–water partition coefficient (Wildman–Crippen LogP) is 1.87. The number of benzene rings is 1. The molecule has 23 heavy (non-hydrogen) atoms. The smallest absolute Gasteiger partial charge is 0.254 e. The molecule has 0 aliphatic carbocycles. The number of aromatic nitrogens is 1.